The van der Waals surface area contributed by atoms with E-state index in [0.29, 0.717) is 25.5 Å². The summed E-state index contributed by atoms with van der Waals surface area (Å²) in [6.07, 6.45) is 20.4. The molecule has 0 unspecified atom stereocenters. The second-order valence-electron chi connectivity index (χ2n) is 13.6. The van der Waals surface area contributed by atoms with Gasteiger partial charge in [0.15, 0.2) is 5.82 Å². The zero-order valence-corrected chi connectivity index (χ0v) is 30.2. The maximum atomic E-state index is 14.5. The van der Waals surface area contributed by atoms with Gasteiger partial charge in [0.2, 0.25) is 0 Å². The number of unbranched alkanes of at least 4 members (excludes halogenated alkanes) is 11. The van der Waals surface area contributed by atoms with E-state index in [1.165, 1.54) is 50.2 Å². The molecule has 0 amide bonds. The van der Waals surface area contributed by atoms with Crippen molar-refractivity contribution in [2.24, 2.45) is 0 Å². The van der Waals surface area contributed by atoms with Crippen LogP contribution in [-0.4, -0.2) is 55.3 Å². The molecular weight excluding hydrogens is 600 g/mol. The number of hydrogen-bond acceptors (Lipinski definition) is 5. The standard InChI is InChI=1S/C36H61FGeN2O3/c1-6-7-8-15-24-36(2,37)31-41-26-17-13-14-19-27-42-33-22-20-32(21-23-33)35-39-29-34(30-40-35)43-28-18-12-10-9-11-16-25-38(3,4)5/h20-23,29-30H,6-19,24-28,31H2,1-5H3/t36-/m0/s1. The van der Waals surface area contributed by atoms with E-state index in [1.807, 2.05) is 24.3 Å². The second kappa shape index (κ2) is 21.9. The van der Waals surface area contributed by atoms with Gasteiger partial charge in [-0.25, -0.2) is 4.39 Å². The Balaban J connectivity index is 1.50. The van der Waals surface area contributed by atoms with E-state index in [2.05, 4.69) is 34.2 Å². The minimum atomic E-state index is -1.34. The molecule has 0 saturated carbocycles. The van der Waals surface area contributed by atoms with Gasteiger partial charge in [-0.2, -0.15) is 0 Å². The van der Waals surface area contributed by atoms with Crippen molar-refractivity contribution in [2.45, 2.75) is 138 Å². The van der Waals surface area contributed by atoms with Crippen molar-refractivity contribution in [1.29, 1.82) is 0 Å². The fourth-order valence-corrected chi connectivity index (χ4v) is 7.77. The first-order valence-electron chi connectivity index (χ1n) is 17.1. The molecule has 0 bridgehead atoms. The molecule has 0 aliphatic rings. The number of nitrogens with zero attached hydrogens (tertiary/aromatic N) is 2. The Labute approximate surface area is 265 Å². The fourth-order valence-electron chi connectivity index (χ4n) is 5.02. The molecule has 7 heteroatoms. The first-order valence-corrected chi connectivity index (χ1v) is 24.9. The molecule has 1 atom stereocenters. The van der Waals surface area contributed by atoms with E-state index in [-0.39, 0.29) is 6.61 Å². The van der Waals surface area contributed by atoms with Crippen LogP contribution in [0.4, 0.5) is 4.39 Å². The van der Waals surface area contributed by atoms with Gasteiger partial charge in [0, 0.05) is 12.2 Å². The molecule has 1 aromatic carbocycles. The summed E-state index contributed by atoms with van der Waals surface area (Å²) >= 11 is -1.34. The van der Waals surface area contributed by atoms with Crippen molar-refractivity contribution in [2.75, 3.05) is 26.4 Å². The van der Waals surface area contributed by atoms with Crippen LogP contribution in [0.2, 0.25) is 22.5 Å². The van der Waals surface area contributed by atoms with Crippen LogP contribution in [0.25, 0.3) is 11.4 Å². The zero-order chi connectivity index (χ0) is 31.2. The molecule has 43 heavy (non-hydrogen) atoms. The van der Waals surface area contributed by atoms with Crippen LogP contribution in [-0.2, 0) is 4.74 Å². The van der Waals surface area contributed by atoms with E-state index in [9.17, 15) is 4.39 Å². The summed E-state index contributed by atoms with van der Waals surface area (Å²) in [5, 5.41) is 1.50. The third-order valence-electron chi connectivity index (χ3n) is 7.74. The Morgan fingerprint density at radius 3 is 1.81 bits per heavy atom. The molecule has 0 N–H and O–H groups in total. The van der Waals surface area contributed by atoms with Crippen LogP contribution in [0.3, 0.4) is 0 Å². The predicted octanol–water partition coefficient (Wildman–Crippen LogP) is 10.9. The molecule has 5 nitrogen and oxygen atoms in total. The third-order valence-corrected chi connectivity index (χ3v) is 11.6. The summed E-state index contributed by atoms with van der Waals surface area (Å²) in [7, 11) is 0. The molecule has 2 rings (SSSR count). The van der Waals surface area contributed by atoms with Gasteiger partial charge in [0.05, 0.1) is 13.2 Å². The molecule has 244 valence electrons. The molecule has 0 aliphatic heterocycles. The predicted molar refractivity (Wildman–Crippen MR) is 182 cm³/mol. The van der Waals surface area contributed by atoms with Gasteiger partial charge in [-0.15, -0.1) is 0 Å². The number of rotatable bonds is 26. The smallest absolute Gasteiger partial charge is 0.0475 e. The summed E-state index contributed by atoms with van der Waals surface area (Å²) in [4.78, 5) is 8.99. The first kappa shape index (κ1) is 37.5. The SMILES string of the molecule is CCCCCC[C@](C)(F)COCCCCCCOc1ccc(-c2ncc(OCCCCCCC[CH2][Ge]([CH3])([CH3])[CH3])cn2)cc1. The van der Waals surface area contributed by atoms with Crippen molar-refractivity contribution < 1.29 is 18.6 Å². The van der Waals surface area contributed by atoms with Crippen molar-refractivity contribution in [3.8, 4) is 22.9 Å². The number of ether oxygens (including phenoxy) is 3. The molecule has 0 spiro atoms. The summed E-state index contributed by atoms with van der Waals surface area (Å²) in [6.45, 7) is 6.08. The number of aromatic nitrogens is 2. The van der Waals surface area contributed by atoms with Crippen molar-refractivity contribution >= 4 is 13.3 Å². The molecular formula is C36H61FGeN2O3. The molecule has 0 aliphatic carbocycles. The third kappa shape index (κ3) is 19.4. The van der Waals surface area contributed by atoms with Crippen LogP contribution in [0.1, 0.15) is 110 Å². The van der Waals surface area contributed by atoms with Gasteiger partial charge < -0.3 is 9.47 Å². The van der Waals surface area contributed by atoms with E-state index in [1.54, 1.807) is 19.3 Å². The number of hydrogen-bond donors (Lipinski definition) is 0. The maximum absolute atomic E-state index is 14.5. The average molecular weight is 662 g/mol. The normalized spacial score (nSPS) is 13.2. The summed E-state index contributed by atoms with van der Waals surface area (Å²) in [5.41, 5.74) is -0.244. The Hall–Kier alpha value is -1.67. The molecule has 1 aromatic heterocycles. The zero-order valence-electron chi connectivity index (χ0n) is 28.1. The topological polar surface area (TPSA) is 53.5 Å². The van der Waals surface area contributed by atoms with Gasteiger partial charge in [0.25, 0.3) is 0 Å². The van der Waals surface area contributed by atoms with Crippen molar-refractivity contribution in [3.63, 3.8) is 0 Å². The fraction of sp³-hybridized carbons (Fsp3) is 0.722. The van der Waals surface area contributed by atoms with E-state index in [0.717, 1.165) is 68.6 Å². The van der Waals surface area contributed by atoms with Crippen LogP contribution in [0.5, 0.6) is 11.5 Å². The molecule has 0 radical (unpaired) electrons. The molecule has 0 fully saturated rings. The summed E-state index contributed by atoms with van der Waals surface area (Å²) in [5.74, 6) is 9.78. The molecule has 0 saturated heterocycles. The van der Waals surface area contributed by atoms with Crippen molar-refractivity contribution in [1.82, 2.24) is 9.97 Å². The van der Waals surface area contributed by atoms with Crippen molar-refractivity contribution in [3.05, 3.63) is 36.7 Å². The summed E-state index contributed by atoms with van der Waals surface area (Å²) < 4.78 is 31.8. The number of halogens is 1. The van der Waals surface area contributed by atoms with Gasteiger partial charge in [-0.05, 0) is 56.9 Å². The van der Waals surface area contributed by atoms with E-state index < -0.39 is 18.9 Å². The second-order valence-corrected chi connectivity index (χ2v) is 25.4. The average Bonchev–Trinajstić information content (AvgIpc) is 2.98. The molecule has 2 aromatic rings. The number of benzene rings is 1. The Kier molecular flexibility index (Phi) is 19.1. The minimum absolute atomic E-state index is 0.209. The quantitative estimate of drug-likeness (QED) is 0.0742. The van der Waals surface area contributed by atoms with Crippen LogP contribution < -0.4 is 9.47 Å². The summed E-state index contributed by atoms with van der Waals surface area (Å²) in [6, 6.07) is 7.93. The van der Waals surface area contributed by atoms with Crippen LogP contribution in [0, 0.1) is 0 Å². The van der Waals surface area contributed by atoms with Crippen LogP contribution in [0.15, 0.2) is 36.7 Å². The van der Waals surface area contributed by atoms with Gasteiger partial charge in [-0.3, -0.25) is 0 Å². The number of alkyl halides is 1. The van der Waals surface area contributed by atoms with E-state index >= 15 is 0 Å². The minimum Gasteiger partial charge on any atom is -0.0475 e. The van der Waals surface area contributed by atoms with Gasteiger partial charge >= 0.3 is 114 Å². The monoisotopic (exact) mass is 662 g/mol. The first-order chi connectivity index (χ1) is 20.7. The van der Waals surface area contributed by atoms with Crippen LogP contribution >= 0.6 is 0 Å². The van der Waals surface area contributed by atoms with E-state index in [4.69, 9.17) is 14.2 Å². The Morgan fingerprint density at radius 1 is 0.674 bits per heavy atom. The van der Waals surface area contributed by atoms with Gasteiger partial charge in [0.1, 0.15) is 11.4 Å². The Morgan fingerprint density at radius 2 is 1.21 bits per heavy atom. The Bertz CT molecular complexity index is 948. The molecule has 1 heterocycles. The van der Waals surface area contributed by atoms with Gasteiger partial charge in [-0.1, -0.05) is 39.0 Å².